The van der Waals surface area contributed by atoms with Gasteiger partial charge in [-0.3, -0.25) is 13.8 Å². The van der Waals surface area contributed by atoms with Crippen LogP contribution >= 0.6 is 0 Å². The van der Waals surface area contributed by atoms with Crippen LogP contribution in [-0.2, 0) is 0 Å². The van der Waals surface area contributed by atoms with E-state index in [1.165, 1.54) is 0 Å². The number of pyridine rings is 1. The van der Waals surface area contributed by atoms with Gasteiger partial charge in [0.05, 0.1) is 18.6 Å². The highest BCUT2D eigenvalue weighted by atomic mass is 16.2. The molecular weight excluding hydrogens is 316 g/mol. The fourth-order valence-electron chi connectivity index (χ4n) is 2.75. The third-order valence-electron chi connectivity index (χ3n) is 3.98. The van der Waals surface area contributed by atoms with E-state index in [9.17, 15) is 4.79 Å². The second-order valence-corrected chi connectivity index (χ2v) is 5.67. The predicted octanol–water partition coefficient (Wildman–Crippen LogP) is 2.41. The van der Waals surface area contributed by atoms with Gasteiger partial charge in [-0.25, -0.2) is 4.98 Å². The molecule has 1 aromatic carbocycles. The molecule has 3 aromatic heterocycles. The van der Waals surface area contributed by atoms with Gasteiger partial charge in [0.2, 0.25) is 0 Å². The number of nitrogens with zero attached hydrogens (tertiary/aromatic N) is 5. The Kier molecular flexibility index (Phi) is 3.74. The molecule has 1 amide bonds. The van der Waals surface area contributed by atoms with Crippen molar-refractivity contribution in [3.05, 3.63) is 78.8 Å². The van der Waals surface area contributed by atoms with E-state index in [-0.39, 0.29) is 11.9 Å². The van der Waals surface area contributed by atoms with Crippen LogP contribution in [0.15, 0.2) is 67.3 Å². The van der Waals surface area contributed by atoms with Crippen LogP contribution in [-0.4, -0.2) is 30.1 Å². The third kappa shape index (κ3) is 2.76. The summed E-state index contributed by atoms with van der Waals surface area (Å²) in [5.74, 6) is 0.455. The first kappa shape index (κ1) is 15.1. The lowest BCUT2D eigenvalue weighted by molar-refractivity contribution is 0.0931. The number of imidazole rings is 1. The molecule has 1 N–H and O–H groups in total. The molecule has 124 valence electrons. The molecule has 0 saturated heterocycles. The third-order valence-corrected chi connectivity index (χ3v) is 3.98. The summed E-state index contributed by atoms with van der Waals surface area (Å²) in [5.41, 5.74) is 2.09. The molecule has 25 heavy (non-hydrogen) atoms. The summed E-state index contributed by atoms with van der Waals surface area (Å²) < 4.78 is 3.61. The standard InChI is InChI=1S/C18H16N6O/c1-13(17-22-21-16-9-5-6-10-23(16)17)20-18(25)15-11-19-12-24(15)14-7-3-2-4-8-14/h2-13H,1H3,(H,20,25)/t13-/m1/s1. The first-order chi connectivity index (χ1) is 12.2. The number of carbonyl (C=O) groups is 1. The lowest BCUT2D eigenvalue weighted by Crippen LogP contribution is -2.29. The van der Waals surface area contributed by atoms with Gasteiger partial charge in [0.1, 0.15) is 5.69 Å². The second kappa shape index (κ2) is 6.20. The Labute approximate surface area is 144 Å². The highest BCUT2D eigenvalue weighted by Gasteiger charge is 2.19. The van der Waals surface area contributed by atoms with E-state index >= 15 is 0 Å². The van der Waals surface area contributed by atoms with E-state index in [2.05, 4.69) is 20.5 Å². The Bertz CT molecular complexity index is 1020. The van der Waals surface area contributed by atoms with Crippen molar-refractivity contribution in [3.8, 4) is 5.69 Å². The minimum atomic E-state index is -0.302. The van der Waals surface area contributed by atoms with Gasteiger partial charge in [-0.05, 0) is 31.2 Å². The summed E-state index contributed by atoms with van der Waals surface area (Å²) in [6.07, 6.45) is 5.06. The van der Waals surface area contributed by atoms with Crippen molar-refractivity contribution in [3.63, 3.8) is 0 Å². The fraction of sp³-hybridized carbons (Fsp3) is 0.111. The van der Waals surface area contributed by atoms with E-state index in [4.69, 9.17) is 0 Å². The number of nitrogens with one attached hydrogen (secondary N) is 1. The smallest absolute Gasteiger partial charge is 0.270 e. The van der Waals surface area contributed by atoms with E-state index in [0.717, 1.165) is 11.3 Å². The number of benzene rings is 1. The maximum absolute atomic E-state index is 12.7. The SMILES string of the molecule is C[C@@H](NC(=O)c1cncn1-c1ccccc1)c1nnc2ccccn12. The van der Waals surface area contributed by atoms with Gasteiger partial charge in [-0.15, -0.1) is 10.2 Å². The minimum absolute atomic E-state index is 0.221. The molecule has 3 heterocycles. The Balaban J connectivity index is 1.60. The summed E-state index contributed by atoms with van der Waals surface area (Å²) in [6, 6.07) is 15.0. The fourth-order valence-corrected chi connectivity index (χ4v) is 2.75. The zero-order valence-electron chi connectivity index (χ0n) is 13.6. The highest BCUT2D eigenvalue weighted by molar-refractivity contribution is 5.93. The topological polar surface area (TPSA) is 77.1 Å². The number of fused-ring (bicyclic) bond motifs is 1. The van der Waals surface area contributed by atoms with E-state index in [0.29, 0.717) is 11.5 Å². The molecule has 4 rings (SSSR count). The van der Waals surface area contributed by atoms with Crippen molar-refractivity contribution in [2.24, 2.45) is 0 Å². The highest BCUT2D eigenvalue weighted by Crippen LogP contribution is 2.15. The van der Waals surface area contributed by atoms with Gasteiger partial charge < -0.3 is 5.32 Å². The van der Waals surface area contributed by atoms with Crippen LogP contribution in [0.4, 0.5) is 0 Å². The van der Waals surface area contributed by atoms with Crippen molar-refractivity contribution in [1.29, 1.82) is 0 Å². The van der Waals surface area contributed by atoms with Crippen molar-refractivity contribution < 1.29 is 4.79 Å². The van der Waals surface area contributed by atoms with Gasteiger partial charge in [0.25, 0.3) is 5.91 Å². The molecule has 4 aromatic rings. The summed E-state index contributed by atoms with van der Waals surface area (Å²) in [6.45, 7) is 1.88. The summed E-state index contributed by atoms with van der Waals surface area (Å²) in [4.78, 5) is 16.8. The minimum Gasteiger partial charge on any atom is -0.341 e. The van der Waals surface area contributed by atoms with Gasteiger partial charge in [-0.2, -0.15) is 0 Å². The Morgan fingerprint density at radius 3 is 2.72 bits per heavy atom. The van der Waals surface area contributed by atoms with Crippen molar-refractivity contribution >= 4 is 11.6 Å². The molecule has 7 nitrogen and oxygen atoms in total. The summed E-state index contributed by atoms with van der Waals surface area (Å²) in [7, 11) is 0. The number of rotatable bonds is 4. The Morgan fingerprint density at radius 1 is 1.08 bits per heavy atom. The van der Waals surface area contributed by atoms with E-state index < -0.39 is 0 Å². The average Bonchev–Trinajstić information content (AvgIpc) is 3.29. The van der Waals surface area contributed by atoms with E-state index in [1.54, 1.807) is 17.1 Å². The molecule has 0 bridgehead atoms. The molecule has 0 radical (unpaired) electrons. The quantitative estimate of drug-likeness (QED) is 0.622. The average molecular weight is 332 g/mol. The number of hydrogen-bond donors (Lipinski definition) is 1. The molecule has 0 unspecified atom stereocenters. The van der Waals surface area contributed by atoms with Gasteiger partial charge in [0, 0.05) is 11.9 Å². The van der Waals surface area contributed by atoms with Crippen LogP contribution in [0.2, 0.25) is 0 Å². The first-order valence-corrected chi connectivity index (χ1v) is 7.92. The number of amides is 1. The largest absolute Gasteiger partial charge is 0.341 e. The Hall–Kier alpha value is -3.48. The van der Waals surface area contributed by atoms with Crippen molar-refractivity contribution in [1.82, 2.24) is 29.5 Å². The van der Waals surface area contributed by atoms with Gasteiger partial charge in [0.15, 0.2) is 11.5 Å². The maximum atomic E-state index is 12.7. The first-order valence-electron chi connectivity index (χ1n) is 7.92. The number of para-hydroxylation sites is 1. The molecule has 0 aliphatic carbocycles. The number of carbonyl (C=O) groups excluding carboxylic acids is 1. The Morgan fingerprint density at radius 2 is 1.88 bits per heavy atom. The summed E-state index contributed by atoms with van der Waals surface area (Å²) >= 11 is 0. The zero-order valence-corrected chi connectivity index (χ0v) is 13.6. The van der Waals surface area contributed by atoms with Crippen molar-refractivity contribution in [2.75, 3.05) is 0 Å². The number of aromatic nitrogens is 5. The molecule has 0 saturated carbocycles. The molecule has 7 heteroatoms. The van der Waals surface area contributed by atoms with Crippen LogP contribution in [0.1, 0.15) is 29.3 Å². The maximum Gasteiger partial charge on any atom is 0.270 e. The van der Waals surface area contributed by atoms with Crippen LogP contribution in [0, 0.1) is 0 Å². The molecular formula is C18H16N6O. The van der Waals surface area contributed by atoms with Crippen LogP contribution in [0.25, 0.3) is 11.3 Å². The molecule has 1 atom stereocenters. The predicted molar refractivity (Wildman–Crippen MR) is 92.4 cm³/mol. The molecule has 0 spiro atoms. The molecule has 0 aliphatic rings. The zero-order chi connectivity index (χ0) is 17.2. The van der Waals surface area contributed by atoms with Gasteiger partial charge in [-0.1, -0.05) is 24.3 Å². The second-order valence-electron chi connectivity index (χ2n) is 5.67. The molecule has 0 fully saturated rings. The summed E-state index contributed by atoms with van der Waals surface area (Å²) in [5, 5.41) is 11.3. The van der Waals surface area contributed by atoms with Crippen LogP contribution in [0.5, 0.6) is 0 Å². The van der Waals surface area contributed by atoms with E-state index in [1.807, 2.05) is 66.1 Å². The normalized spacial score (nSPS) is 12.2. The lowest BCUT2D eigenvalue weighted by Gasteiger charge is -2.13. The monoisotopic (exact) mass is 332 g/mol. The molecule has 0 aliphatic heterocycles. The van der Waals surface area contributed by atoms with Gasteiger partial charge >= 0.3 is 0 Å². The van der Waals surface area contributed by atoms with Crippen LogP contribution < -0.4 is 5.32 Å². The van der Waals surface area contributed by atoms with Crippen molar-refractivity contribution in [2.45, 2.75) is 13.0 Å². The lowest BCUT2D eigenvalue weighted by atomic mass is 10.2. The number of hydrogen-bond acceptors (Lipinski definition) is 4. The van der Waals surface area contributed by atoms with Crippen LogP contribution in [0.3, 0.4) is 0 Å².